The molecule has 0 saturated heterocycles. The molecule has 0 heterocycles. The number of hydrogen-bond donors (Lipinski definition) is 0. The van der Waals surface area contributed by atoms with Crippen molar-refractivity contribution < 1.29 is 8.78 Å². The van der Waals surface area contributed by atoms with Gasteiger partial charge in [0, 0.05) is 67.0 Å². The minimum atomic E-state index is -0.279. The van der Waals surface area contributed by atoms with Gasteiger partial charge in [-0.25, -0.2) is 8.78 Å². The summed E-state index contributed by atoms with van der Waals surface area (Å²) in [5.74, 6) is -0.558. The molecule has 0 amide bonds. The van der Waals surface area contributed by atoms with Gasteiger partial charge in [-0.1, -0.05) is 170 Å². The molecule has 0 unspecified atom stereocenters. The molecule has 390 valence electrons. The standard InChI is InChI=1S/C76H52F2N4/c77-59-33-41-63(42-34-59)81(75-27-11-19-57-15-3-7-23-71(57)75)67-49-45-65(46-50-67)79(73-25-9-17-55-13-1-5-21-69(55)73)61-37-29-53(30-38-61)54-31-39-62(40-32-54)80(74-26-10-18-56-14-2-6-22-70(56)74)66-47-51-68(52-48-66)82(64-43-35-60(78)36-44-64)76-28-12-20-58-16-4-8-24-72(58)76/h1-52H. The van der Waals surface area contributed by atoms with Gasteiger partial charge in [0.15, 0.2) is 0 Å². The van der Waals surface area contributed by atoms with E-state index >= 15 is 0 Å². The molecule has 0 atom stereocenters. The molecule has 14 aromatic rings. The molecule has 0 aliphatic rings. The second-order valence-corrected chi connectivity index (χ2v) is 20.4. The van der Waals surface area contributed by atoms with Crippen LogP contribution in [0.15, 0.2) is 315 Å². The van der Waals surface area contributed by atoms with Gasteiger partial charge in [-0.05, 0) is 178 Å². The van der Waals surface area contributed by atoms with E-state index in [0.29, 0.717) is 0 Å². The van der Waals surface area contributed by atoms with E-state index in [2.05, 4.69) is 287 Å². The first kappa shape index (κ1) is 49.5. The number of anilines is 12. The summed E-state index contributed by atoms with van der Waals surface area (Å²) in [4.78, 5) is 9.05. The topological polar surface area (TPSA) is 13.0 Å². The first-order chi connectivity index (χ1) is 40.5. The van der Waals surface area contributed by atoms with Crippen LogP contribution in [-0.2, 0) is 0 Å². The second kappa shape index (κ2) is 21.4. The Morgan fingerprint density at radius 1 is 0.171 bits per heavy atom. The SMILES string of the molecule is Fc1ccc(N(c2ccc(N(c3ccc(-c4ccc(N(c5ccc(N(c6ccc(F)cc6)c6cccc7ccccc67)cc5)c5cccc6ccccc56)cc4)cc3)c3cccc4ccccc34)cc2)c2cccc3ccccc23)cc1. The Kier molecular flexibility index (Phi) is 12.9. The number of fused-ring (bicyclic) bond motifs is 4. The van der Waals surface area contributed by atoms with E-state index in [4.69, 9.17) is 0 Å². The lowest BCUT2D eigenvalue weighted by atomic mass is 10.0. The molecule has 4 nitrogen and oxygen atoms in total. The molecule has 0 fully saturated rings. The molecule has 0 aliphatic heterocycles. The molecule has 0 radical (unpaired) electrons. The molecule has 14 aromatic carbocycles. The summed E-state index contributed by atoms with van der Waals surface area (Å²) in [5, 5.41) is 9.03. The summed E-state index contributed by atoms with van der Waals surface area (Å²) in [6.45, 7) is 0. The van der Waals surface area contributed by atoms with Crippen molar-refractivity contribution in [3.05, 3.63) is 327 Å². The van der Waals surface area contributed by atoms with Crippen LogP contribution >= 0.6 is 0 Å². The van der Waals surface area contributed by atoms with E-state index < -0.39 is 0 Å². The summed E-state index contributed by atoms with van der Waals surface area (Å²) in [6.07, 6.45) is 0. The molecule has 0 spiro atoms. The minimum Gasteiger partial charge on any atom is -0.310 e. The monoisotopic (exact) mass is 1060 g/mol. The Labute approximate surface area is 475 Å². The molecule has 0 aliphatic carbocycles. The van der Waals surface area contributed by atoms with Gasteiger partial charge in [0.1, 0.15) is 11.6 Å². The van der Waals surface area contributed by atoms with Crippen molar-refractivity contribution in [2.45, 2.75) is 0 Å². The van der Waals surface area contributed by atoms with Crippen LogP contribution in [0.2, 0.25) is 0 Å². The summed E-state index contributed by atoms with van der Waals surface area (Å²) < 4.78 is 28.8. The molecule has 82 heavy (non-hydrogen) atoms. The van der Waals surface area contributed by atoms with Crippen molar-refractivity contribution >= 4 is 111 Å². The van der Waals surface area contributed by atoms with Crippen LogP contribution in [0.1, 0.15) is 0 Å². The number of halogens is 2. The Bertz CT molecular complexity index is 4270. The fourth-order valence-corrected chi connectivity index (χ4v) is 11.6. The zero-order valence-electron chi connectivity index (χ0n) is 44.6. The van der Waals surface area contributed by atoms with Crippen LogP contribution in [-0.4, -0.2) is 0 Å². The van der Waals surface area contributed by atoms with Crippen LogP contribution < -0.4 is 19.6 Å². The zero-order chi connectivity index (χ0) is 54.9. The highest BCUT2D eigenvalue weighted by atomic mass is 19.1. The molecular weight excluding hydrogens is 1010 g/mol. The highest BCUT2D eigenvalue weighted by Crippen LogP contribution is 2.46. The van der Waals surface area contributed by atoms with Crippen molar-refractivity contribution in [1.82, 2.24) is 0 Å². The van der Waals surface area contributed by atoms with Crippen LogP contribution in [0.5, 0.6) is 0 Å². The summed E-state index contributed by atoms with van der Waals surface area (Å²) in [5.41, 5.74) is 13.9. The van der Waals surface area contributed by atoms with Gasteiger partial charge in [0.05, 0.1) is 22.7 Å². The Morgan fingerprint density at radius 3 is 0.585 bits per heavy atom. The quantitative estimate of drug-likeness (QED) is 0.114. The highest BCUT2D eigenvalue weighted by molar-refractivity contribution is 6.03. The van der Waals surface area contributed by atoms with E-state index in [-0.39, 0.29) is 11.6 Å². The van der Waals surface area contributed by atoms with Gasteiger partial charge in [-0.15, -0.1) is 0 Å². The van der Waals surface area contributed by atoms with Gasteiger partial charge < -0.3 is 19.6 Å². The predicted octanol–water partition coefficient (Wildman–Crippen LogP) is 22.1. The molecule has 14 rings (SSSR count). The lowest BCUT2D eigenvalue weighted by Gasteiger charge is -2.30. The summed E-state index contributed by atoms with van der Waals surface area (Å²) >= 11 is 0. The molecule has 0 aromatic heterocycles. The molecule has 0 bridgehead atoms. The number of benzene rings is 14. The van der Waals surface area contributed by atoms with Crippen molar-refractivity contribution in [2.24, 2.45) is 0 Å². The first-order valence-corrected chi connectivity index (χ1v) is 27.5. The smallest absolute Gasteiger partial charge is 0.123 e. The Morgan fingerprint density at radius 2 is 0.354 bits per heavy atom. The van der Waals surface area contributed by atoms with E-state index in [9.17, 15) is 8.78 Å². The van der Waals surface area contributed by atoms with Crippen molar-refractivity contribution in [3.63, 3.8) is 0 Å². The van der Waals surface area contributed by atoms with Crippen LogP contribution in [0, 0.1) is 11.6 Å². The average molecular weight is 1060 g/mol. The van der Waals surface area contributed by atoms with Gasteiger partial charge in [-0.3, -0.25) is 0 Å². The van der Waals surface area contributed by atoms with Crippen molar-refractivity contribution in [1.29, 1.82) is 0 Å². The molecular formula is C76H52F2N4. The average Bonchev–Trinajstić information content (AvgIpc) is 3.64. The maximum atomic E-state index is 14.4. The van der Waals surface area contributed by atoms with Gasteiger partial charge in [0.2, 0.25) is 0 Å². The van der Waals surface area contributed by atoms with Crippen LogP contribution in [0.4, 0.5) is 77.0 Å². The zero-order valence-corrected chi connectivity index (χ0v) is 44.6. The fourth-order valence-electron chi connectivity index (χ4n) is 11.6. The van der Waals surface area contributed by atoms with Gasteiger partial charge in [-0.2, -0.15) is 0 Å². The van der Waals surface area contributed by atoms with Gasteiger partial charge in [0.25, 0.3) is 0 Å². The van der Waals surface area contributed by atoms with E-state index in [1.807, 2.05) is 24.3 Å². The fraction of sp³-hybridized carbons (Fsp3) is 0. The second-order valence-electron chi connectivity index (χ2n) is 20.4. The summed E-state index contributed by atoms with van der Waals surface area (Å²) in [6, 6.07) is 108. The third-order valence-corrected chi connectivity index (χ3v) is 15.5. The lowest BCUT2D eigenvalue weighted by Crippen LogP contribution is -2.13. The van der Waals surface area contributed by atoms with E-state index in [1.54, 1.807) is 0 Å². The van der Waals surface area contributed by atoms with Crippen LogP contribution in [0.3, 0.4) is 0 Å². The minimum absolute atomic E-state index is 0.279. The largest absolute Gasteiger partial charge is 0.310 e. The predicted molar refractivity (Wildman–Crippen MR) is 341 cm³/mol. The number of hydrogen-bond acceptors (Lipinski definition) is 4. The molecule has 0 saturated carbocycles. The summed E-state index contributed by atoms with van der Waals surface area (Å²) in [7, 11) is 0. The van der Waals surface area contributed by atoms with Crippen molar-refractivity contribution in [3.8, 4) is 11.1 Å². The van der Waals surface area contributed by atoms with E-state index in [0.717, 1.165) is 122 Å². The third-order valence-electron chi connectivity index (χ3n) is 15.5. The van der Waals surface area contributed by atoms with Crippen LogP contribution in [0.25, 0.3) is 54.2 Å². The molecule has 0 N–H and O–H groups in total. The van der Waals surface area contributed by atoms with E-state index in [1.165, 1.54) is 24.3 Å². The Balaban J connectivity index is 0.818. The number of nitrogens with zero attached hydrogens (tertiary/aromatic N) is 4. The molecule has 6 heteroatoms. The highest BCUT2D eigenvalue weighted by Gasteiger charge is 2.22. The van der Waals surface area contributed by atoms with Gasteiger partial charge >= 0.3 is 0 Å². The lowest BCUT2D eigenvalue weighted by molar-refractivity contribution is 0.627. The normalized spacial score (nSPS) is 11.3. The van der Waals surface area contributed by atoms with Crippen molar-refractivity contribution in [2.75, 3.05) is 19.6 Å². The maximum Gasteiger partial charge on any atom is 0.123 e. The first-order valence-electron chi connectivity index (χ1n) is 27.5. The third kappa shape index (κ3) is 9.38. The maximum absolute atomic E-state index is 14.4. The Hall–Kier alpha value is -10.8. The number of rotatable bonds is 13.